The Morgan fingerprint density at radius 1 is 1.04 bits per heavy atom. The summed E-state index contributed by atoms with van der Waals surface area (Å²) in [5.74, 6) is -4.48. The maximum absolute atomic E-state index is 14.3. The van der Waals surface area contributed by atoms with E-state index < -0.39 is 46.9 Å². The van der Waals surface area contributed by atoms with E-state index in [1.807, 2.05) is 12.2 Å². The number of nitrogens with one attached hydrogen (secondary N) is 1. The molecule has 12 heteroatoms. The Morgan fingerprint density at radius 3 is 2.55 bits per heavy atom. The molecule has 47 heavy (non-hydrogen) atoms. The predicted molar refractivity (Wildman–Crippen MR) is 168 cm³/mol. The number of aliphatic carboxylic acids is 1. The zero-order chi connectivity index (χ0) is 33.7. The molecular weight excluding hydrogens is 607 g/mol. The van der Waals surface area contributed by atoms with Crippen molar-refractivity contribution < 1.29 is 38.2 Å². The van der Waals surface area contributed by atoms with Gasteiger partial charge < -0.3 is 29.9 Å². The average Bonchev–Trinajstić information content (AvgIpc) is 3.27. The minimum atomic E-state index is -1.44. The Balaban J connectivity index is 1.25. The van der Waals surface area contributed by atoms with Crippen LogP contribution in [0.5, 0.6) is 0 Å². The van der Waals surface area contributed by atoms with Crippen molar-refractivity contribution in [1.29, 1.82) is 0 Å². The molecule has 4 amide bonds. The van der Waals surface area contributed by atoms with Crippen LogP contribution >= 0.6 is 0 Å². The SMILES string of the molecule is CC(C)(C)OC(=O)C[C@@H]1CCCCC/C=C\[C@@H]2C[C@@]2(C(=O)O)NC(=O)[C@@H]2[C@H]3CN(C(=O)N4Cc5ccc(F)cc5C4)C[C@H]3CN2C1=O. The number of ether oxygens (including phenoxy) is 1. The Labute approximate surface area is 274 Å². The number of urea groups is 1. The van der Waals surface area contributed by atoms with Gasteiger partial charge in [0.1, 0.15) is 23.0 Å². The largest absolute Gasteiger partial charge is 0.479 e. The lowest BCUT2D eigenvalue weighted by Crippen LogP contribution is -2.56. The number of carbonyl (C=O) groups is 5. The molecule has 1 aromatic carbocycles. The van der Waals surface area contributed by atoms with Crippen LogP contribution in [0.25, 0.3) is 0 Å². The molecule has 3 fully saturated rings. The van der Waals surface area contributed by atoms with E-state index in [0.717, 1.165) is 36.8 Å². The second-order valence-corrected chi connectivity index (χ2v) is 14.9. The number of carboxylic acid groups (broad SMARTS) is 1. The molecule has 0 bridgehead atoms. The molecule has 1 aromatic rings. The number of rotatable bonds is 3. The zero-order valence-corrected chi connectivity index (χ0v) is 27.4. The highest BCUT2D eigenvalue weighted by molar-refractivity contribution is 5.96. The monoisotopic (exact) mass is 652 g/mol. The van der Waals surface area contributed by atoms with Crippen molar-refractivity contribution in [3.8, 4) is 0 Å². The maximum atomic E-state index is 14.3. The minimum absolute atomic E-state index is 0.113. The molecule has 0 aromatic heterocycles. The quantitative estimate of drug-likeness (QED) is 0.374. The lowest BCUT2D eigenvalue weighted by atomic mass is 9.92. The van der Waals surface area contributed by atoms with Crippen molar-refractivity contribution >= 4 is 29.8 Å². The molecule has 2 N–H and O–H groups in total. The highest BCUT2D eigenvalue weighted by Gasteiger charge is 2.62. The van der Waals surface area contributed by atoms with Crippen LogP contribution in [0.15, 0.2) is 30.4 Å². The van der Waals surface area contributed by atoms with Gasteiger partial charge >= 0.3 is 18.0 Å². The van der Waals surface area contributed by atoms with Gasteiger partial charge in [0.2, 0.25) is 11.8 Å². The molecule has 11 nitrogen and oxygen atoms in total. The van der Waals surface area contributed by atoms with E-state index in [1.54, 1.807) is 41.5 Å². The van der Waals surface area contributed by atoms with E-state index in [9.17, 15) is 33.5 Å². The predicted octanol–water partition coefficient (Wildman–Crippen LogP) is 3.85. The van der Waals surface area contributed by atoms with Gasteiger partial charge in [-0.1, -0.05) is 31.1 Å². The summed E-state index contributed by atoms with van der Waals surface area (Å²) in [6, 6.07) is 3.30. The zero-order valence-electron chi connectivity index (χ0n) is 27.4. The maximum Gasteiger partial charge on any atom is 0.330 e. The van der Waals surface area contributed by atoms with Crippen LogP contribution in [-0.2, 0) is 37.0 Å². The normalized spacial score (nSPS) is 31.5. The highest BCUT2D eigenvalue weighted by Crippen LogP contribution is 2.46. The minimum Gasteiger partial charge on any atom is -0.479 e. The number of allylic oxidation sites excluding steroid dienone is 1. The van der Waals surface area contributed by atoms with E-state index >= 15 is 0 Å². The summed E-state index contributed by atoms with van der Waals surface area (Å²) in [4.78, 5) is 72.5. The van der Waals surface area contributed by atoms with E-state index in [-0.39, 0.29) is 62.1 Å². The number of carboxylic acids is 1. The molecule has 0 spiro atoms. The van der Waals surface area contributed by atoms with Crippen LogP contribution in [0.2, 0.25) is 0 Å². The molecule has 6 rings (SSSR count). The number of carbonyl (C=O) groups excluding carboxylic acids is 4. The Kier molecular flexibility index (Phi) is 8.82. The first kappa shape index (κ1) is 33.0. The molecule has 1 saturated carbocycles. The third-order valence-electron chi connectivity index (χ3n) is 10.4. The van der Waals surface area contributed by atoms with Crippen molar-refractivity contribution in [2.45, 2.75) is 96.0 Å². The van der Waals surface area contributed by atoms with Crippen molar-refractivity contribution in [3.05, 3.63) is 47.3 Å². The molecule has 5 aliphatic rings. The Morgan fingerprint density at radius 2 is 1.81 bits per heavy atom. The summed E-state index contributed by atoms with van der Waals surface area (Å²) < 4.78 is 19.4. The molecule has 254 valence electrons. The van der Waals surface area contributed by atoms with Crippen molar-refractivity contribution in [2.75, 3.05) is 19.6 Å². The molecule has 0 unspecified atom stereocenters. The summed E-state index contributed by atoms with van der Waals surface area (Å²) in [7, 11) is 0. The van der Waals surface area contributed by atoms with Gasteiger partial charge in [-0.2, -0.15) is 0 Å². The van der Waals surface area contributed by atoms with E-state index in [1.165, 1.54) is 12.1 Å². The smallest absolute Gasteiger partial charge is 0.330 e. The molecular formula is C35H45FN4O7. The van der Waals surface area contributed by atoms with E-state index in [0.29, 0.717) is 19.5 Å². The summed E-state index contributed by atoms with van der Waals surface area (Å²) in [5, 5.41) is 13.0. The second-order valence-electron chi connectivity index (χ2n) is 14.9. The molecule has 2 saturated heterocycles. The Hall–Kier alpha value is -3.96. The van der Waals surface area contributed by atoms with Gasteiger partial charge in [-0.15, -0.1) is 0 Å². The molecule has 4 aliphatic heterocycles. The molecule has 1 aliphatic carbocycles. The molecule has 0 radical (unpaired) electrons. The number of likely N-dealkylation sites (tertiary alicyclic amines) is 1. The van der Waals surface area contributed by atoms with Crippen LogP contribution in [0, 0.1) is 29.5 Å². The van der Waals surface area contributed by atoms with Crippen LogP contribution in [0.3, 0.4) is 0 Å². The lowest BCUT2D eigenvalue weighted by molar-refractivity contribution is -0.159. The van der Waals surface area contributed by atoms with Gasteiger partial charge in [0.25, 0.3) is 0 Å². The Bertz CT molecular complexity index is 1490. The fourth-order valence-corrected chi connectivity index (χ4v) is 7.94. The van der Waals surface area contributed by atoms with E-state index in [4.69, 9.17) is 4.74 Å². The first-order valence-corrected chi connectivity index (χ1v) is 16.8. The fraction of sp³-hybridized carbons (Fsp3) is 0.629. The number of hydrogen-bond donors (Lipinski definition) is 2. The first-order valence-electron chi connectivity index (χ1n) is 16.8. The number of halogens is 1. The van der Waals surface area contributed by atoms with Crippen molar-refractivity contribution in [3.63, 3.8) is 0 Å². The van der Waals surface area contributed by atoms with Gasteiger partial charge in [-0.25, -0.2) is 14.0 Å². The number of benzene rings is 1. The van der Waals surface area contributed by atoms with Gasteiger partial charge in [-0.05, 0) is 69.7 Å². The fourth-order valence-electron chi connectivity index (χ4n) is 7.94. The summed E-state index contributed by atoms with van der Waals surface area (Å²) in [5.41, 5.74) is -0.508. The molecule has 6 atom stereocenters. The standard InChI is InChI=1S/C35H45FN4O7/c1-34(2,3)47-28(41)14-21-9-7-5-4-6-8-10-25-15-35(25,32(44)45)37-30(42)29-27-20-39(18-24(27)19-40(29)31(21)43)33(46)38-16-22-11-12-26(36)13-23(22)17-38/h8,10-13,21,24-25,27,29H,4-7,9,14-20H2,1-3H3,(H,37,42)(H,44,45)/b10-8-/t21-,24-,25+,27-,29-,35+/m0/s1. The lowest BCUT2D eigenvalue weighted by Gasteiger charge is -2.33. The van der Waals surface area contributed by atoms with Gasteiger partial charge in [0.05, 0.1) is 6.42 Å². The van der Waals surface area contributed by atoms with Crippen LogP contribution in [0.4, 0.5) is 9.18 Å². The number of hydrogen-bond acceptors (Lipinski definition) is 6. The van der Waals surface area contributed by atoms with Crippen LogP contribution in [0.1, 0.15) is 76.8 Å². The van der Waals surface area contributed by atoms with Gasteiger partial charge in [-0.3, -0.25) is 14.4 Å². The molecule has 4 heterocycles. The third-order valence-corrected chi connectivity index (χ3v) is 10.4. The first-order chi connectivity index (χ1) is 22.3. The van der Waals surface area contributed by atoms with Crippen molar-refractivity contribution in [1.82, 2.24) is 20.0 Å². The average molecular weight is 653 g/mol. The summed E-state index contributed by atoms with van der Waals surface area (Å²) in [6.45, 7) is 6.71. The van der Waals surface area contributed by atoms with Crippen LogP contribution in [-0.4, -0.2) is 86.4 Å². The number of fused-ring (bicyclic) bond motifs is 5. The number of esters is 1. The third kappa shape index (κ3) is 6.73. The number of nitrogens with zero attached hydrogens (tertiary/aromatic N) is 3. The topological polar surface area (TPSA) is 137 Å². The summed E-state index contributed by atoms with van der Waals surface area (Å²) in [6.07, 6.45) is 7.63. The van der Waals surface area contributed by atoms with E-state index in [2.05, 4.69) is 5.32 Å². The van der Waals surface area contributed by atoms with Gasteiger partial charge in [0, 0.05) is 56.4 Å². The van der Waals surface area contributed by atoms with Crippen LogP contribution < -0.4 is 5.32 Å². The highest BCUT2D eigenvalue weighted by atomic mass is 19.1. The second kappa shape index (κ2) is 12.6. The van der Waals surface area contributed by atoms with Crippen molar-refractivity contribution in [2.24, 2.45) is 23.7 Å². The number of amides is 4. The summed E-state index contributed by atoms with van der Waals surface area (Å²) >= 11 is 0. The van der Waals surface area contributed by atoms with Gasteiger partial charge in [0.15, 0.2) is 0 Å².